The van der Waals surface area contributed by atoms with E-state index in [-0.39, 0.29) is 5.78 Å². The Morgan fingerprint density at radius 3 is 2.85 bits per heavy atom. The first-order valence-electron chi connectivity index (χ1n) is 4.30. The van der Waals surface area contributed by atoms with Crippen LogP contribution in [0.2, 0.25) is 0 Å². The average Bonchev–Trinajstić information content (AvgIpc) is 2.52. The Balaban J connectivity index is 2.45. The highest BCUT2D eigenvalue weighted by atomic mass is 32.1. The molecule has 0 N–H and O–H groups in total. The minimum absolute atomic E-state index is 0.232. The fourth-order valence-electron chi connectivity index (χ4n) is 1.16. The predicted octanol–water partition coefficient (Wildman–Crippen LogP) is 2.67. The fourth-order valence-corrected chi connectivity index (χ4v) is 2.01. The van der Waals surface area contributed by atoms with Gasteiger partial charge in [0.1, 0.15) is 0 Å². The summed E-state index contributed by atoms with van der Waals surface area (Å²) in [4.78, 5) is 11.6. The third-order valence-corrected chi connectivity index (χ3v) is 2.77. The summed E-state index contributed by atoms with van der Waals surface area (Å²) in [7, 11) is 1.65. The van der Waals surface area contributed by atoms with Gasteiger partial charge < -0.3 is 4.74 Å². The van der Waals surface area contributed by atoms with Gasteiger partial charge in [-0.15, -0.1) is 0 Å². The molecule has 0 saturated carbocycles. The number of Topliss-reactive ketones (excluding diaryl/α,β-unsaturated/α-hetero) is 1. The molecule has 0 atom stereocenters. The molecule has 0 aliphatic carbocycles. The van der Waals surface area contributed by atoms with Gasteiger partial charge in [0.25, 0.3) is 0 Å². The number of aryl methyl sites for hydroxylation is 1. The Morgan fingerprint density at radius 2 is 2.31 bits per heavy atom. The van der Waals surface area contributed by atoms with Crippen molar-refractivity contribution < 1.29 is 9.53 Å². The summed E-state index contributed by atoms with van der Waals surface area (Å²) in [5.74, 6) is 0.232. The van der Waals surface area contributed by atoms with Crippen LogP contribution in [0.1, 0.15) is 28.8 Å². The molecule has 0 aromatic carbocycles. The second-order valence-electron chi connectivity index (χ2n) is 2.99. The molecular formula is C10H14O2S. The van der Waals surface area contributed by atoms with Crippen molar-refractivity contribution >= 4 is 17.1 Å². The summed E-state index contributed by atoms with van der Waals surface area (Å²) in [6, 6.07) is 0. The molecule has 0 spiro atoms. The molecule has 0 saturated heterocycles. The van der Waals surface area contributed by atoms with Crippen LogP contribution < -0.4 is 0 Å². The first kappa shape index (κ1) is 10.4. The molecule has 2 nitrogen and oxygen atoms in total. The molecule has 0 aliphatic heterocycles. The molecule has 0 bridgehead atoms. The van der Waals surface area contributed by atoms with Crippen molar-refractivity contribution in [1.29, 1.82) is 0 Å². The summed E-state index contributed by atoms with van der Waals surface area (Å²) in [5.41, 5.74) is 1.97. The van der Waals surface area contributed by atoms with Crippen LogP contribution in [0, 0.1) is 6.92 Å². The van der Waals surface area contributed by atoms with Crippen LogP contribution in [0.25, 0.3) is 0 Å². The first-order chi connectivity index (χ1) is 6.25. The third kappa shape index (κ3) is 2.94. The maximum absolute atomic E-state index is 11.6. The number of carbonyl (C=O) groups excluding carboxylic acids is 1. The van der Waals surface area contributed by atoms with Crippen LogP contribution in [-0.2, 0) is 4.74 Å². The van der Waals surface area contributed by atoms with Gasteiger partial charge in [-0.1, -0.05) is 0 Å². The van der Waals surface area contributed by atoms with Crippen molar-refractivity contribution in [2.75, 3.05) is 13.7 Å². The zero-order chi connectivity index (χ0) is 9.68. The highest BCUT2D eigenvalue weighted by Gasteiger charge is 2.08. The number of ketones is 1. The molecule has 0 unspecified atom stereocenters. The van der Waals surface area contributed by atoms with Crippen LogP contribution in [0.3, 0.4) is 0 Å². The van der Waals surface area contributed by atoms with Crippen molar-refractivity contribution in [2.24, 2.45) is 0 Å². The van der Waals surface area contributed by atoms with Gasteiger partial charge in [0.05, 0.1) is 0 Å². The lowest BCUT2D eigenvalue weighted by molar-refractivity contribution is 0.0963. The standard InChI is InChI=1S/C10H14O2S/c1-8-6-13-7-9(8)10(11)4-3-5-12-2/h6-7H,3-5H2,1-2H3. The van der Waals surface area contributed by atoms with E-state index in [1.165, 1.54) is 0 Å². The highest BCUT2D eigenvalue weighted by Crippen LogP contribution is 2.16. The number of hydrogen-bond acceptors (Lipinski definition) is 3. The van der Waals surface area contributed by atoms with Gasteiger partial charge in [-0.3, -0.25) is 4.79 Å². The number of methoxy groups -OCH3 is 1. The van der Waals surface area contributed by atoms with Crippen LogP contribution in [0.5, 0.6) is 0 Å². The Hall–Kier alpha value is -0.670. The van der Waals surface area contributed by atoms with Gasteiger partial charge >= 0.3 is 0 Å². The van der Waals surface area contributed by atoms with Crippen molar-refractivity contribution in [2.45, 2.75) is 19.8 Å². The normalized spacial score (nSPS) is 10.3. The molecular weight excluding hydrogens is 184 g/mol. The minimum Gasteiger partial charge on any atom is -0.385 e. The number of rotatable bonds is 5. The Bertz CT molecular complexity index is 278. The number of ether oxygens (including phenoxy) is 1. The SMILES string of the molecule is COCCCC(=O)c1cscc1C. The van der Waals surface area contributed by atoms with Gasteiger partial charge in [-0.25, -0.2) is 0 Å². The summed E-state index contributed by atoms with van der Waals surface area (Å²) < 4.78 is 4.89. The summed E-state index contributed by atoms with van der Waals surface area (Å²) >= 11 is 1.58. The van der Waals surface area contributed by atoms with Crippen LogP contribution in [0.4, 0.5) is 0 Å². The second kappa shape index (κ2) is 5.14. The molecule has 0 aliphatic rings. The van der Waals surface area contributed by atoms with Gasteiger partial charge in [-0.05, 0) is 24.3 Å². The molecule has 1 aromatic rings. The third-order valence-electron chi connectivity index (χ3n) is 1.91. The Labute approximate surface area is 82.5 Å². The highest BCUT2D eigenvalue weighted by molar-refractivity contribution is 7.08. The van der Waals surface area contributed by atoms with Crippen molar-refractivity contribution in [1.82, 2.24) is 0 Å². The molecule has 72 valence electrons. The van der Waals surface area contributed by atoms with Crippen molar-refractivity contribution in [3.63, 3.8) is 0 Å². The average molecular weight is 198 g/mol. The number of carbonyl (C=O) groups is 1. The van der Waals surface area contributed by atoms with Crippen LogP contribution in [0.15, 0.2) is 10.8 Å². The molecule has 0 radical (unpaired) electrons. The fraction of sp³-hybridized carbons (Fsp3) is 0.500. The first-order valence-corrected chi connectivity index (χ1v) is 5.25. The van der Waals surface area contributed by atoms with E-state index in [2.05, 4.69) is 0 Å². The van der Waals surface area contributed by atoms with E-state index >= 15 is 0 Å². The van der Waals surface area contributed by atoms with E-state index in [0.717, 1.165) is 17.5 Å². The van der Waals surface area contributed by atoms with Gasteiger partial charge in [0.2, 0.25) is 0 Å². The largest absolute Gasteiger partial charge is 0.385 e. The van der Waals surface area contributed by atoms with E-state index < -0.39 is 0 Å². The van der Waals surface area contributed by atoms with Gasteiger partial charge in [0, 0.05) is 31.1 Å². The van der Waals surface area contributed by atoms with E-state index in [4.69, 9.17) is 4.74 Å². The zero-order valence-electron chi connectivity index (χ0n) is 8.00. The lowest BCUT2D eigenvalue weighted by Crippen LogP contribution is -2.01. The molecule has 1 heterocycles. The lowest BCUT2D eigenvalue weighted by Gasteiger charge is -1.99. The number of hydrogen-bond donors (Lipinski definition) is 0. The smallest absolute Gasteiger partial charge is 0.164 e. The lowest BCUT2D eigenvalue weighted by atomic mass is 10.1. The summed E-state index contributed by atoms with van der Waals surface area (Å²) in [6.45, 7) is 2.63. The Kier molecular flexibility index (Phi) is 4.12. The molecule has 1 rings (SSSR count). The summed E-state index contributed by atoms with van der Waals surface area (Å²) in [5, 5.41) is 3.92. The van der Waals surface area contributed by atoms with Crippen LogP contribution >= 0.6 is 11.3 Å². The monoisotopic (exact) mass is 198 g/mol. The maximum atomic E-state index is 11.6. The maximum Gasteiger partial charge on any atom is 0.164 e. The molecule has 0 fully saturated rings. The van der Waals surface area contributed by atoms with Gasteiger partial charge in [-0.2, -0.15) is 11.3 Å². The summed E-state index contributed by atoms with van der Waals surface area (Å²) in [6.07, 6.45) is 1.40. The quantitative estimate of drug-likeness (QED) is 0.537. The Morgan fingerprint density at radius 1 is 1.54 bits per heavy atom. The van der Waals surface area contributed by atoms with E-state index in [1.807, 2.05) is 17.7 Å². The van der Waals surface area contributed by atoms with Crippen molar-refractivity contribution in [3.05, 3.63) is 21.9 Å². The predicted molar refractivity (Wildman–Crippen MR) is 54.5 cm³/mol. The van der Waals surface area contributed by atoms with E-state index in [0.29, 0.717) is 13.0 Å². The van der Waals surface area contributed by atoms with E-state index in [9.17, 15) is 4.79 Å². The number of thiophene rings is 1. The van der Waals surface area contributed by atoms with Crippen molar-refractivity contribution in [3.8, 4) is 0 Å². The van der Waals surface area contributed by atoms with Gasteiger partial charge in [0.15, 0.2) is 5.78 Å². The van der Waals surface area contributed by atoms with E-state index in [1.54, 1.807) is 18.4 Å². The second-order valence-corrected chi connectivity index (χ2v) is 3.73. The molecule has 13 heavy (non-hydrogen) atoms. The van der Waals surface area contributed by atoms with Crippen LogP contribution in [-0.4, -0.2) is 19.5 Å². The minimum atomic E-state index is 0.232. The molecule has 0 amide bonds. The molecule has 1 aromatic heterocycles. The zero-order valence-corrected chi connectivity index (χ0v) is 8.82. The topological polar surface area (TPSA) is 26.3 Å². The molecule has 3 heteroatoms.